The van der Waals surface area contributed by atoms with Crippen molar-refractivity contribution in [2.24, 2.45) is 5.92 Å². The van der Waals surface area contributed by atoms with E-state index >= 15 is 0 Å². The van der Waals surface area contributed by atoms with E-state index in [1.165, 1.54) is 43.7 Å². The van der Waals surface area contributed by atoms with Crippen LogP contribution in [0.1, 0.15) is 43.6 Å². The Bertz CT molecular complexity index is 363. The zero-order chi connectivity index (χ0) is 11.0. The van der Waals surface area contributed by atoms with E-state index in [0.717, 1.165) is 19.0 Å². The van der Waals surface area contributed by atoms with Gasteiger partial charge < -0.3 is 9.88 Å². The molecule has 0 saturated carbocycles. The molecule has 1 N–H and O–H groups in total. The zero-order valence-corrected chi connectivity index (χ0v) is 10.1. The lowest BCUT2D eigenvalue weighted by molar-refractivity contribution is 0.394. The van der Waals surface area contributed by atoms with Gasteiger partial charge in [-0.1, -0.05) is 6.92 Å². The second-order valence-corrected chi connectivity index (χ2v) is 5.40. The first kappa shape index (κ1) is 10.3. The van der Waals surface area contributed by atoms with Crippen molar-refractivity contribution in [2.45, 2.75) is 45.1 Å². The van der Waals surface area contributed by atoms with E-state index in [9.17, 15) is 0 Å². The Morgan fingerprint density at radius 1 is 1.31 bits per heavy atom. The maximum Gasteiger partial charge on any atom is 0.108 e. The highest BCUT2D eigenvalue weighted by molar-refractivity contribution is 5.12. The molecule has 3 rings (SSSR count). The van der Waals surface area contributed by atoms with E-state index in [0.29, 0.717) is 5.92 Å². The van der Waals surface area contributed by atoms with E-state index in [1.807, 2.05) is 0 Å². The molecule has 1 atom stereocenters. The molecule has 0 unspecified atom stereocenters. The van der Waals surface area contributed by atoms with Gasteiger partial charge in [0.15, 0.2) is 0 Å². The predicted molar refractivity (Wildman–Crippen MR) is 64.6 cm³/mol. The molecule has 1 aromatic rings. The summed E-state index contributed by atoms with van der Waals surface area (Å²) in [5.41, 5.74) is 1.35. The van der Waals surface area contributed by atoms with Gasteiger partial charge in [-0.05, 0) is 38.3 Å². The smallest absolute Gasteiger partial charge is 0.108 e. The van der Waals surface area contributed by atoms with Crippen LogP contribution < -0.4 is 5.32 Å². The SMILES string of the molecule is C[C@@H]1CCc2nc(C3CCNCC3)cn2C1. The molecule has 1 aromatic heterocycles. The van der Waals surface area contributed by atoms with Crippen LogP contribution in [0.5, 0.6) is 0 Å². The van der Waals surface area contributed by atoms with E-state index < -0.39 is 0 Å². The highest BCUT2D eigenvalue weighted by Gasteiger charge is 2.22. The van der Waals surface area contributed by atoms with Crippen LogP contribution in [0, 0.1) is 5.92 Å². The van der Waals surface area contributed by atoms with Crippen LogP contribution in [0.4, 0.5) is 0 Å². The van der Waals surface area contributed by atoms with Gasteiger partial charge in [0.05, 0.1) is 5.69 Å². The molecular weight excluding hydrogens is 198 g/mol. The summed E-state index contributed by atoms with van der Waals surface area (Å²) < 4.78 is 2.39. The maximum absolute atomic E-state index is 4.84. The minimum atomic E-state index is 0.703. The predicted octanol–water partition coefficient (Wildman–Crippen LogP) is 1.93. The Labute approximate surface area is 97.3 Å². The largest absolute Gasteiger partial charge is 0.334 e. The average molecular weight is 219 g/mol. The molecule has 3 heterocycles. The number of rotatable bonds is 1. The van der Waals surface area contributed by atoms with Gasteiger partial charge in [-0.3, -0.25) is 0 Å². The lowest BCUT2D eigenvalue weighted by Gasteiger charge is -2.20. The number of imidazole rings is 1. The van der Waals surface area contributed by atoms with Crippen molar-refractivity contribution in [1.29, 1.82) is 0 Å². The summed E-state index contributed by atoms with van der Waals surface area (Å²) in [7, 11) is 0. The Morgan fingerprint density at radius 3 is 2.94 bits per heavy atom. The van der Waals surface area contributed by atoms with Gasteiger partial charge in [-0.2, -0.15) is 0 Å². The Kier molecular flexibility index (Phi) is 2.72. The van der Waals surface area contributed by atoms with Crippen LogP contribution >= 0.6 is 0 Å². The summed E-state index contributed by atoms with van der Waals surface area (Å²) in [4.78, 5) is 4.84. The fourth-order valence-electron chi connectivity index (χ4n) is 2.95. The fraction of sp³-hybridized carbons (Fsp3) is 0.769. The van der Waals surface area contributed by atoms with Crippen molar-refractivity contribution < 1.29 is 0 Å². The standard InChI is InChI=1S/C13H21N3/c1-10-2-3-13-15-12(9-16(13)8-10)11-4-6-14-7-5-11/h9-11,14H,2-8H2,1H3/t10-/m1/s1. The molecule has 3 nitrogen and oxygen atoms in total. The van der Waals surface area contributed by atoms with Gasteiger partial charge in [-0.25, -0.2) is 4.98 Å². The number of nitrogens with zero attached hydrogens (tertiary/aromatic N) is 2. The molecule has 0 amide bonds. The average Bonchev–Trinajstić information content (AvgIpc) is 2.73. The van der Waals surface area contributed by atoms with Crippen molar-refractivity contribution >= 4 is 0 Å². The lowest BCUT2D eigenvalue weighted by Crippen LogP contribution is -2.26. The van der Waals surface area contributed by atoms with Crippen molar-refractivity contribution in [1.82, 2.24) is 14.9 Å². The summed E-state index contributed by atoms with van der Waals surface area (Å²) in [6.45, 7) is 5.83. The zero-order valence-electron chi connectivity index (χ0n) is 10.1. The molecule has 3 heteroatoms. The molecule has 88 valence electrons. The van der Waals surface area contributed by atoms with Gasteiger partial charge in [0.1, 0.15) is 5.82 Å². The minimum absolute atomic E-state index is 0.703. The molecular formula is C13H21N3. The van der Waals surface area contributed by atoms with Crippen LogP contribution in [0.3, 0.4) is 0 Å². The summed E-state index contributed by atoms with van der Waals surface area (Å²) in [5, 5.41) is 3.42. The van der Waals surface area contributed by atoms with E-state index in [1.54, 1.807) is 0 Å². The molecule has 0 radical (unpaired) electrons. The third-order valence-corrected chi connectivity index (χ3v) is 4.00. The molecule has 2 aliphatic rings. The van der Waals surface area contributed by atoms with Gasteiger partial charge in [0.25, 0.3) is 0 Å². The second-order valence-electron chi connectivity index (χ2n) is 5.40. The first-order valence-electron chi connectivity index (χ1n) is 6.59. The molecule has 0 aliphatic carbocycles. The van der Waals surface area contributed by atoms with Crippen molar-refractivity contribution in [3.63, 3.8) is 0 Å². The van der Waals surface area contributed by atoms with Gasteiger partial charge in [0.2, 0.25) is 0 Å². The lowest BCUT2D eigenvalue weighted by atomic mass is 9.95. The number of hydrogen-bond acceptors (Lipinski definition) is 2. The van der Waals surface area contributed by atoms with E-state index in [-0.39, 0.29) is 0 Å². The molecule has 0 bridgehead atoms. The molecule has 1 saturated heterocycles. The summed E-state index contributed by atoms with van der Waals surface area (Å²) >= 11 is 0. The number of aromatic nitrogens is 2. The summed E-state index contributed by atoms with van der Waals surface area (Å²) in [5.74, 6) is 2.85. The fourth-order valence-corrected chi connectivity index (χ4v) is 2.95. The van der Waals surface area contributed by atoms with Crippen molar-refractivity contribution in [3.8, 4) is 0 Å². The van der Waals surface area contributed by atoms with Crippen LogP contribution in [0.2, 0.25) is 0 Å². The Balaban J connectivity index is 1.80. The first-order chi connectivity index (χ1) is 7.83. The van der Waals surface area contributed by atoms with Gasteiger partial charge in [-0.15, -0.1) is 0 Å². The van der Waals surface area contributed by atoms with Crippen molar-refractivity contribution in [2.75, 3.05) is 13.1 Å². The molecule has 0 spiro atoms. The molecule has 0 aromatic carbocycles. The third kappa shape index (κ3) is 1.88. The number of nitrogens with one attached hydrogen (secondary N) is 1. The van der Waals surface area contributed by atoms with Crippen LogP contribution in [0.25, 0.3) is 0 Å². The monoisotopic (exact) mass is 219 g/mol. The minimum Gasteiger partial charge on any atom is -0.334 e. The molecule has 1 fully saturated rings. The highest BCUT2D eigenvalue weighted by Crippen LogP contribution is 2.27. The third-order valence-electron chi connectivity index (χ3n) is 4.00. The number of hydrogen-bond donors (Lipinski definition) is 1. The second kappa shape index (κ2) is 4.21. The molecule has 16 heavy (non-hydrogen) atoms. The van der Waals surface area contributed by atoms with Gasteiger partial charge >= 0.3 is 0 Å². The van der Waals surface area contributed by atoms with Gasteiger partial charge in [0, 0.05) is 25.1 Å². The number of piperidine rings is 1. The van der Waals surface area contributed by atoms with Crippen LogP contribution in [-0.4, -0.2) is 22.6 Å². The molecule has 2 aliphatic heterocycles. The van der Waals surface area contributed by atoms with Crippen LogP contribution in [-0.2, 0) is 13.0 Å². The maximum atomic E-state index is 4.84. The first-order valence-corrected chi connectivity index (χ1v) is 6.59. The van der Waals surface area contributed by atoms with E-state index in [2.05, 4.69) is 23.0 Å². The summed E-state index contributed by atoms with van der Waals surface area (Å²) in [6.07, 6.45) is 7.31. The normalized spacial score (nSPS) is 26.7. The number of aryl methyl sites for hydroxylation is 1. The topological polar surface area (TPSA) is 29.9 Å². The quantitative estimate of drug-likeness (QED) is 0.782. The summed E-state index contributed by atoms with van der Waals surface area (Å²) in [6, 6.07) is 0. The Morgan fingerprint density at radius 2 is 2.12 bits per heavy atom. The van der Waals surface area contributed by atoms with Crippen LogP contribution in [0.15, 0.2) is 6.20 Å². The highest BCUT2D eigenvalue weighted by atomic mass is 15.1. The Hall–Kier alpha value is -0.830. The number of fused-ring (bicyclic) bond motifs is 1. The van der Waals surface area contributed by atoms with E-state index in [4.69, 9.17) is 4.98 Å². The van der Waals surface area contributed by atoms with Crippen molar-refractivity contribution in [3.05, 3.63) is 17.7 Å².